The number of carbonyl (C=O) groups is 1. The first-order valence-corrected chi connectivity index (χ1v) is 10.2. The van der Waals surface area contributed by atoms with Crippen molar-refractivity contribution in [1.29, 1.82) is 0 Å². The van der Waals surface area contributed by atoms with Gasteiger partial charge >= 0.3 is 0 Å². The number of benzene rings is 2. The van der Waals surface area contributed by atoms with E-state index in [-0.39, 0.29) is 5.91 Å². The zero-order valence-corrected chi connectivity index (χ0v) is 17.1. The number of imidazole rings is 1. The Labute approximate surface area is 172 Å². The fourth-order valence-corrected chi connectivity index (χ4v) is 3.39. The van der Waals surface area contributed by atoms with Gasteiger partial charge in [0.2, 0.25) is 5.91 Å². The van der Waals surface area contributed by atoms with Crippen LogP contribution in [0, 0.1) is 6.92 Å². The van der Waals surface area contributed by atoms with Crippen molar-refractivity contribution in [3.05, 3.63) is 72.6 Å². The van der Waals surface area contributed by atoms with Gasteiger partial charge in [-0.15, -0.1) is 0 Å². The number of amides is 1. The third-order valence-electron chi connectivity index (χ3n) is 4.87. The van der Waals surface area contributed by atoms with Crippen LogP contribution in [0.15, 0.2) is 61.2 Å². The highest BCUT2D eigenvalue weighted by Gasteiger charge is 2.10. The van der Waals surface area contributed by atoms with Gasteiger partial charge < -0.3 is 14.6 Å². The van der Waals surface area contributed by atoms with Gasteiger partial charge in [-0.2, -0.15) is 0 Å². The van der Waals surface area contributed by atoms with E-state index in [9.17, 15) is 4.79 Å². The highest BCUT2D eigenvalue weighted by atomic mass is 16.5. The summed E-state index contributed by atoms with van der Waals surface area (Å²) in [7, 11) is 0. The number of nitrogens with one attached hydrogen (secondary N) is 1. The van der Waals surface area contributed by atoms with Gasteiger partial charge in [0, 0.05) is 13.0 Å². The predicted octanol–water partition coefficient (Wildman–Crippen LogP) is 4.44. The molecule has 152 valence electrons. The summed E-state index contributed by atoms with van der Waals surface area (Å²) in [6.07, 6.45) is 5.25. The van der Waals surface area contributed by atoms with Gasteiger partial charge in [0.1, 0.15) is 18.2 Å². The molecule has 0 aliphatic heterocycles. The molecule has 1 aromatic heterocycles. The largest absolute Gasteiger partial charge is 0.492 e. The molecule has 0 radical (unpaired) electrons. The van der Waals surface area contributed by atoms with E-state index in [1.807, 2.05) is 24.3 Å². The molecule has 0 saturated carbocycles. The number of nitrogens with zero attached hydrogens (tertiary/aromatic N) is 2. The van der Waals surface area contributed by atoms with Crippen molar-refractivity contribution >= 4 is 16.9 Å². The fraction of sp³-hybridized carbons (Fsp3) is 0.333. The molecule has 5 nitrogen and oxygen atoms in total. The molecule has 29 heavy (non-hydrogen) atoms. The number of hydrogen-bond acceptors (Lipinski definition) is 3. The first kappa shape index (κ1) is 20.6. The maximum atomic E-state index is 11.2. The summed E-state index contributed by atoms with van der Waals surface area (Å²) in [5.74, 6) is 1.88. The molecule has 3 rings (SSSR count). The Bertz CT molecular complexity index is 962. The van der Waals surface area contributed by atoms with Crippen LogP contribution in [0.4, 0.5) is 0 Å². The van der Waals surface area contributed by atoms with E-state index < -0.39 is 0 Å². The van der Waals surface area contributed by atoms with E-state index in [1.165, 1.54) is 11.6 Å². The van der Waals surface area contributed by atoms with Crippen LogP contribution in [-0.4, -0.2) is 28.6 Å². The molecule has 1 amide bonds. The van der Waals surface area contributed by atoms with Crippen LogP contribution in [0.2, 0.25) is 0 Å². The van der Waals surface area contributed by atoms with Gasteiger partial charge in [0.25, 0.3) is 0 Å². The number of hydrogen-bond donors (Lipinski definition) is 1. The molecule has 1 N–H and O–H groups in total. The lowest BCUT2D eigenvalue weighted by molar-refractivity contribution is -0.116. The minimum absolute atomic E-state index is 0.111. The molecule has 0 aliphatic rings. The van der Waals surface area contributed by atoms with Crippen LogP contribution in [0.25, 0.3) is 11.0 Å². The molecule has 0 spiro atoms. The third-order valence-corrected chi connectivity index (χ3v) is 4.87. The normalized spacial score (nSPS) is 10.8. The second-order valence-electron chi connectivity index (χ2n) is 7.14. The predicted molar refractivity (Wildman–Crippen MR) is 117 cm³/mol. The van der Waals surface area contributed by atoms with Crippen molar-refractivity contribution in [2.75, 3.05) is 13.2 Å². The van der Waals surface area contributed by atoms with Crippen LogP contribution in [0.3, 0.4) is 0 Å². The SMILES string of the molecule is C=CC(=O)NCCCCCc1nc2ccccc2n1CCOc1cccc(C)c1. The Morgan fingerprint density at radius 2 is 2.03 bits per heavy atom. The van der Waals surface area contributed by atoms with Gasteiger partial charge in [0.05, 0.1) is 17.6 Å². The van der Waals surface area contributed by atoms with Crippen LogP contribution in [0.5, 0.6) is 5.75 Å². The molecular formula is C24H29N3O2. The third kappa shape index (κ3) is 5.95. The minimum atomic E-state index is -0.111. The quantitative estimate of drug-likeness (QED) is 0.388. The summed E-state index contributed by atoms with van der Waals surface area (Å²) < 4.78 is 8.23. The Morgan fingerprint density at radius 3 is 2.86 bits per heavy atom. The van der Waals surface area contributed by atoms with Gasteiger partial charge in [-0.25, -0.2) is 4.98 Å². The van der Waals surface area contributed by atoms with Crippen molar-refractivity contribution in [2.24, 2.45) is 0 Å². The van der Waals surface area contributed by atoms with Crippen molar-refractivity contribution in [2.45, 2.75) is 39.2 Å². The number of aromatic nitrogens is 2. The van der Waals surface area contributed by atoms with Crippen molar-refractivity contribution in [3.8, 4) is 5.75 Å². The zero-order valence-electron chi connectivity index (χ0n) is 17.1. The van der Waals surface area contributed by atoms with Crippen molar-refractivity contribution in [3.63, 3.8) is 0 Å². The number of para-hydroxylation sites is 2. The summed E-state index contributed by atoms with van der Waals surface area (Å²) in [4.78, 5) is 16.0. The molecule has 1 heterocycles. The number of carbonyl (C=O) groups excluding carboxylic acids is 1. The van der Waals surface area contributed by atoms with E-state index >= 15 is 0 Å². The van der Waals surface area contributed by atoms with Crippen LogP contribution in [-0.2, 0) is 17.8 Å². The first-order chi connectivity index (χ1) is 14.2. The second-order valence-corrected chi connectivity index (χ2v) is 7.14. The lowest BCUT2D eigenvalue weighted by Crippen LogP contribution is -2.21. The number of fused-ring (bicyclic) bond motifs is 1. The van der Waals surface area contributed by atoms with Gasteiger partial charge in [-0.1, -0.05) is 37.3 Å². The standard InChI is InChI=1S/C24H29N3O2/c1-3-24(28)25-15-8-4-5-14-23-26-21-12-6-7-13-22(21)27(23)16-17-29-20-11-9-10-19(2)18-20/h3,6-7,9-13,18H,1,4-5,8,14-17H2,2H3,(H,25,28). The van der Waals surface area contributed by atoms with E-state index in [4.69, 9.17) is 9.72 Å². The maximum Gasteiger partial charge on any atom is 0.243 e. The molecule has 0 saturated heterocycles. The van der Waals surface area contributed by atoms with Gasteiger partial charge in [-0.05, 0) is 55.7 Å². The highest BCUT2D eigenvalue weighted by Crippen LogP contribution is 2.18. The molecule has 0 fully saturated rings. The van der Waals surface area contributed by atoms with Crippen molar-refractivity contribution < 1.29 is 9.53 Å². The molecule has 5 heteroatoms. The van der Waals surface area contributed by atoms with E-state index in [1.54, 1.807) is 0 Å². The smallest absolute Gasteiger partial charge is 0.243 e. The summed E-state index contributed by atoms with van der Waals surface area (Å²) in [5, 5.41) is 2.82. The summed E-state index contributed by atoms with van der Waals surface area (Å²) >= 11 is 0. The molecular weight excluding hydrogens is 362 g/mol. The summed E-state index contributed by atoms with van der Waals surface area (Å²) in [6, 6.07) is 16.4. The van der Waals surface area contributed by atoms with Crippen LogP contribution >= 0.6 is 0 Å². The van der Waals surface area contributed by atoms with Crippen molar-refractivity contribution in [1.82, 2.24) is 14.9 Å². The monoisotopic (exact) mass is 391 g/mol. The van der Waals surface area contributed by atoms with Gasteiger partial charge in [-0.3, -0.25) is 4.79 Å². The second kappa shape index (κ2) is 10.5. The average Bonchev–Trinajstić information content (AvgIpc) is 3.08. The topological polar surface area (TPSA) is 56.2 Å². The van der Waals surface area contributed by atoms with Gasteiger partial charge in [0.15, 0.2) is 0 Å². The Morgan fingerprint density at radius 1 is 1.17 bits per heavy atom. The molecule has 0 aliphatic carbocycles. The molecule has 0 atom stereocenters. The fourth-order valence-electron chi connectivity index (χ4n) is 3.39. The number of aryl methyl sites for hydroxylation is 2. The van der Waals surface area contributed by atoms with E-state index in [0.717, 1.165) is 54.8 Å². The average molecular weight is 392 g/mol. The minimum Gasteiger partial charge on any atom is -0.492 e. The summed E-state index contributed by atoms with van der Waals surface area (Å²) in [6.45, 7) is 7.58. The first-order valence-electron chi connectivity index (χ1n) is 10.2. The number of rotatable bonds is 11. The molecule has 0 bridgehead atoms. The Hall–Kier alpha value is -3.08. The lowest BCUT2D eigenvalue weighted by Gasteiger charge is -2.11. The zero-order chi connectivity index (χ0) is 20.5. The van der Waals surface area contributed by atoms with Crippen LogP contribution in [0.1, 0.15) is 30.7 Å². The molecule has 2 aromatic carbocycles. The highest BCUT2D eigenvalue weighted by molar-refractivity contribution is 5.86. The Kier molecular flexibility index (Phi) is 7.45. The lowest BCUT2D eigenvalue weighted by atomic mass is 10.2. The molecule has 3 aromatic rings. The van der Waals surface area contributed by atoms with E-state index in [0.29, 0.717) is 13.2 Å². The summed E-state index contributed by atoms with van der Waals surface area (Å²) in [5.41, 5.74) is 3.37. The Balaban J connectivity index is 1.57. The molecule has 0 unspecified atom stereocenters. The van der Waals surface area contributed by atoms with E-state index in [2.05, 4.69) is 47.7 Å². The number of unbranched alkanes of at least 4 members (excludes halogenated alkanes) is 2. The maximum absolute atomic E-state index is 11.2. The van der Waals surface area contributed by atoms with Crippen LogP contribution < -0.4 is 10.1 Å². The number of ether oxygens (including phenoxy) is 1.